The van der Waals surface area contributed by atoms with Crippen molar-refractivity contribution in [1.82, 2.24) is 14.9 Å². The third kappa shape index (κ3) is 2.73. The molecule has 0 aliphatic heterocycles. The van der Waals surface area contributed by atoms with E-state index in [1.54, 1.807) is 24.3 Å². The Bertz CT molecular complexity index is 728. The molecule has 0 saturated heterocycles. The lowest BCUT2D eigenvalue weighted by Crippen LogP contribution is -2.41. The standard InChI is InChI=1S/C13H15N3O3/c1-8(2)14-11(17)7-16-10-6-4-3-5-9(10)15-12(18)13(16)19/h3-6,8H,7H2,1-2H3,(H,14,17)(H,15,18). The monoisotopic (exact) mass is 261 g/mol. The maximum atomic E-state index is 11.8. The number of amides is 1. The summed E-state index contributed by atoms with van der Waals surface area (Å²) in [6.45, 7) is 3.49. The molecule has 0 bridgehead atoms. The number of carbonyl (C=O) groups is 1. The van der Waals surface area contributed by atoms with Gasteiger partial charge in [0.15, 0.2) is 0 Å². The summed E-state index contributed by atoms with van der Waals surface area (Å²) in [6, 6.07) is 6.86. The minimum absolute atomic E-state index is 0.0172. The van der Waals surface area contributed by atoms with Crippen molar-refractivity contribution in [1.29, 1.82) is 0 Å². The zero-order valence-corrected chi connectivity index (χ0v) is 10.8. The molecule has 0 spiro atoms. The maximum absolute atomic E-state index is 11.8. The van der Waals surface area contributed by atoms with Crippen molar-refractivity contribution in [3.8, 4) is 0 Å². The molecule has 19 heavy (non-hydrogen) atoms. The number of rotatable bonds is 3. The first-order valence-corrected chi connectivity index (χ1v) is 6.00. The van der Waals surface area contributed by atoms with Crippen molar-refractivity contribution >= 4 is 16.9 Å². The minimum Gasteiger partial charge on any atom is -0.352 e. The van der Waals surface area contributed by atoms with E-state index in [1.165, 1.54) is 4.57 Å². The van der Waals surface area contributed by atoms with Gasteiger partial charge in [0.05, 0.1) is 11.0 Å². The van der Waals surface area contributed by atoms with Gasteiger partial charge < -0.3 is 10.3 Å². The van der Waals surface area contributed by atoms with E-state index in [1.807, 2.05) is 13.8 Å². The summed E-state index contributed by atoms with van der Waals surface area (Å²) >= 11 is 0. The smallest absolute Gasteiger partial charge is 0.317 e. The third-order valence-corrected chi connectivity index (χ3v) is 2.63. The van der Waals surface area contributed by atoms with Crippen LogP contribution in [0.1, 0.15) is 13.8 Å². The van der Waals surface area contributed by atoms with Crippen molar-refractivity contribution in [2.24, 2.45) is 0 Å². The van der Waals surface area contributed by atoms with Gasteiger partial charge in [-0.1, -0.05) is 12.1 Å². The first-order valence-electron chi connectivity index (χ1n) is 6.00. The molecule has 1 aromatic carbocycles. The Kier molecular flexibility index (Phi) is 3.50. The van der Waals surface area contributed by atoms with Gasteiger partial charge in [-0.3, -0.25) is 19.0 Å². The highest BCUT2D eigenvalue weighted by Gasteiger charge is 2.11. The van der Waals surface area contributed by atoms with Crippen LogP contribution < -0.4 is 16.4 Å². The van der Waals surface area contributed by atoms with Crippen LogP contribution in [0.4, 0.5) is 0 Å². The quantitative estimate of drug-likeness (QED) is 0.775. The van der Waals surface area contributed by atoms with Gasteiger partial charge in [0.25, 0.3) is 0 Å². The fourth-order valence-corrected chi connectivity index (χ4v) is 1.89. The summed E-state index contributed by atoms with van der Waals surface area (Å²) in [5.41, 5.74) is -0.385. The highest BCUT2D eigenvalue weighted by atomic mass is 16.2. The van der Waals surface area contributed by atoms with Gasteiger partial charge in [0, 0.05) is 6.04 Å². The first kappa shape index (κ1) is 13.1. The number of nitrogens with one attached hydrogen (secondary N) is 2. The Morgan fingerprint density at radius 2 is 2.00 bits per heavy atom. The number of H-pyrrole nitrogens is 1. The van der Waals surface area contributed by atoms with Gasteiger partial charge >= 0.3 is 11.1 Å². The maximum Gasteiger partial charge on any atom is 0.317 e. The summed E-state index contributed by atoms with van der Waals surface area (Å²) in [5, 5.41) is 2.69. The molecule has 0 unspecified atom stereocenters. The fourth-order valence-electron chi connectivity index (χ4n) is 1.89. The normalized spacial score (nSPS) is 10.9. The predicted octanol–water partition coefficient (Wildman–Crippen LogP) is 0.214. The lowest BCUT2D eigenvalue weighted by molar-refractivity contribution is -0.122. The first-order chi connectivity index (χ1) is 8.99. The molecule has 2 N–H and O–H groups in total. The Morgan fingerprint density at radius 1 is 1.32 bits per heavy atom. The van der Waals surface area contributed by atoms with E-state index in [-0.39, 0.29) is 18.5 Å². The van der Waals surface area contributed by atoms with Crippen LogP contribution in [0, 0.1) is 0 Å². The van der Waals surface area contributed by atoms with Crippen LogP contribution in [-0.2, 0) is 11.3 Å². The van der Waals surface area contributed by atoms with Gasteiger partial charge in [-0.05, 0) is 26.0 Å². The van der Waals surface area contributed by atoms with Gasteiger partial charge in [-0.15, -0.1) is 0 Å². The molecule has 6 nitrogen and oxygen atoms in total. The number of hydrogen-bond donors (Lipinski definition) is 2. The molecule has 1 heterocycles. The molecule has 0 radical (unpaired) electrons. The van der Waals surface area contributed by atoms with E-state index >= 15 is 0 Å². The van der Waals surface area contributed by atoms with Crippen molar-refractivity contribution in [3.63, 3.8) is 0 Å². The van der Waals surface area contributed by atoms with Crippen molar-refractivity contribution in [2.75, 3.05) is 0 Å². The molecular weight excluding hydrogens is 246 g/mol. The van der Waals surface area contributed by atoms with Gasteiger partial charge in [-0.25, -0.2) is 0 Å². The lowest BCUT2D eigenvalue weighted by Gasteiger charge is -2.11. The van der Waals surface area contributed by atoms with Crippen LogP contribution in [0.15, 0.2) is 33.9 Å². The van der Waals surface area contributed by atoms with Crippen molar-refractivity contribution in [3.05, 3.63) is 45.0 Å². The largest absolute Gasteiger partial charge is 0.352 e. The Hall–Kier alpha value is -2.37. The van der Waals surface area contributed by atoms with Gasteiger partial charge in [0.2, 0.25) is 5.91 Å². The molecule has 0 aliphatic carbocycles. The molecule has 0 aliphatic rings. The highest BCUT2D eigenvalue weighted by molar-refractivity contribution is 5.80. The zero-order valence-electron chi connectivity index (χ0n) is 10.8. The number of fused-ring (bicyclic) bond motifs is 1. The van der Waals surface area contributed by atoms with E-state index in [9.17, 15) is 14.4 Å². The summed E-state index contributed by atoms with van der Waals surface area (Å²) in [5.74, 6) is -0.298. The molecule has 2 aromatic rings. The molecule has 100 valence electrons. The number of benzene rings is 1. The number of hydrogen-bond acceptors (Lipinski definition) is 3. The molecule has 6 heteroatoms. The average Bonchev–Trinajstić information content (AvgIpc) is 2.34. The number of aromatic amines is 1. The molecular formula is C13H15N3O3. The van der Waals surface area contributed by atoms with Crippen LogP contribution in [-0.4, -0.2) is 21.5 Å². The second kappa shape index (κ2) is 5.09. The Morgan fingerprint density at radius 3 is 2.68 bits per heavy atom. The second-order valence-electron chi connectivity index (χ2n) is 4.58. The Balaban J connectivity index is 2.53. The van der Waals surface area contributed by atoms with Crippen LogP contribution in [0.3, 0.4) is 0 Å². The van der Waals surface area contributed by atoms with Crippen molar-refractivity contribution in [2.45, 2.75) is 26.4 Å². The van der Waals surface area contributed by atoms with E-state index in [4.69, 9.17) is 0 Å². The van der Waals surface area contributed by atoms with Gasteiger partial charge in [-0.2, -0.15) is 0 Å². The fraction of sp³-hybridized carbons (Fsp3) is 0.308. The summed E-state index contributed by atoms with van der Waals surface area (Å²) in [4.78, 5) is 37.6. The number of carbonyl (C=O) groups excluding carboxylic acids is 1. The summed E-state index contributed by atoms with van der Waals surface area (Å²) in [7, 11) is 0. The molecule has 0 saturated carbocycles. The van der Waals surface area contributed by atoms with Crippen LogP contribution >= 0.6 is 0 Å². The molecule has 1 amide bonds. The second-order valence-corrected chi connectivity index (χ2v) is 4.58. The van der Waals surface area contributed by atoms with E-state index in [0.29, 0.717) is 11.0 Å². The van der Waals surface area contributed by atoms with Gasteiger partial charge in [0.1, 0.15) is 6.54 Å². The van der Waals surface area contributed by atoms with Crippen LogP contribution in [0.2, 0.25) is 0 Å². The Labute approximate surface area is 109 Å². The van der Waals surface area contributed by atoms with Crippen molar-refractivity contribution < 1.29 is 4.79 Å². The topological polar surface area (TPSA) is 84.0 Å². The van der Waals surface area contributed by atoms with E-state index in [2.05, 4.69) is 10.3 Å². The minimum atomic E-state index is -0.726. The number of nitrogens with zero attached hydrogens (tertiary/aromatic N) is 1. The summed E-state index contributed by atoms with van der Waals surface area (Å²) < 4.78 is 1.19. The third-order valence-electron chi connectivity index (χ3n) is 2.63. The zero-order chi connectivity index (χ0) is 14.0. The number of aromatic nitrogens is 2. The number of para-hydroxylation sites is 2. The predicted molar refractivity (Wildman–Crippen MR) is 72.1 cm³/mol. The SMILES string of the molecule is CC(C)NC(=O)Cn1c(=O)c(=O)[nH]c2ccccc21. The summed E-state index contributed by atoms with van der Waals surface area (Å²) in [6.07, 6.45) is 0. The van der Waals surface area contributed by atoms with E-state index in [0.717, 1.165) is 0 Å². The molecule has 0 atom stereocenters. The van der Waals surface area contributed by atoms with Crippen LogP contribution in [0.25, 0.3) is 11.0 Å². The molecule has 1 aromatic heterocycles. The van der Waals surface area contributed by atoms with Crippen LogP contribution in [0.5, 0.6) is 0 Å². The molecule has 0 fully saturated rings. The van der Waals surface area contributed by atoms with E-state index < -0.39 is 11.1 Å². The average molecular weight is 261 g/mol. The lowest BCUT2D eigenvalue weighted by atomic mass is 10.3. The molecule has 2 rings (SSSR count). The highest BCUT2D eigenvalue weighted by Crippen LogP contribution is 2.06.